The van der Waals surface area contributed by atoms with Gasteiger partial charge in [-0.2, -0.15) is 0 Å². The van der Waals surface area contributed by atoms with E-state index in [1.165, 1.54) is 0 Å². The highest BCUT2D eigenvalue weighted by Gasteiger charge is 2.20. The van der Waals surface area contributed by atoms with Crippen LogP contribution >= 0.6 is 0 Å². The van der Waals surface area contributed by atoms with Crippen molar-refractivity contribution in [2.75, 3.05) is 6.54 Å². The highest BCUT2D eigenvalue weighted by atomic mass is 16.3. The zero-order valence-corrected chi connectivity index (χ0v) is 6.81. The second-order valence-electron chi connectivity index (χ2n) is 2.96. The monoisotopic (exact) mass is 141 g/mol. The van der Waals surface area contributed by atoms with E-state index in [2.05, 4.69) is 11.2 Å². The number of hydrogen-bond acceptors (Lipinski definition) is 2. The van der Waals surface area contributed by atoms with E-state index in [1.807, 2.05) is 6.92 Å². The van der Waals surface area contributed by atoms with Crippen molar-refractivity contribution in [2.24, 2.45) is 0 Å². The van der Waals surface area contributed by atoms with Gasteiger partial charge in [0.05, 0.1) is 12.1 Å². The molecule has 1 unspecified atom stereocenters. The summed E-state index contributed by atoms with van der Waals surface area (Å²) in [6.45, 7) is 5.91. The summed E-state index contributed by atoms with van der Waals surface area (Å²) in [4.78, 5) is 0. The Morgan fingerprint density at radius 3 is 2.50 bits per heavy atom. The first-order chi connectivity index (χ1) is 4.48. The van der Waals surface area contributed by atoms with Crippen LogP contribution in [0.4, 0.5) is 0 Å². The highest BCUT2D eigenvalue weighted by Crippen LogP contribution is 2.06. The Bertz CT molecular complexity index is 129. The molecule has 0 spiro atoms. The van der Waals surface area contributed by atoms with Gasteiger partial charge in [0, 0.05) is 6.04 Å². The molecular formula is C8H15NO. The Labute approximate surface area is 62.6 Å². The van der Waals surface area contributed by atoms with Crippen LogP contribution in [-0.2, 0) is 0 Å². The zero-order chi connectivity index (χ0) is 8.20. The summed E-state index contributed by atoms with van der Waals surface area (Å²) < 4.78 is 0. The molecule has 0 amide bonds. The van der Waals surface area contributed by atoms with Crippen LogP contribution in [0, 0.1) is 12.3 Å². The summed E-state index contributed by atoms with van der Waals surface area (Å²) in [5, 5.41) is 12.4. The summed E-state index contributed by atoms with van der Waals surface area (Å²) in [5.74, 6) is 2.45. The minimum absolute atomic E-state index is 0.0311. The first kappa shape index (κ1) is 9.48. The normalized spacial score (nSPS) is 14.3. The molecule has 0 aromatic rings. The Balaban J connectivity index is 3.65. The molecule has 10 heavy (non-hydrogen) atoms. The average Bonchev–Trinajstić information content (AvgIpc) is 1.80. The molecule has 2 N–H and O–H groups in total. The van der Waals surface area contributed by atoms with E-state index >= 15 is 0 Å². The quantitative estimate of drug-likeness (QED) is 0.556. The van der Waals surface area contributed by atoms with E-state index in [0.717, 1.165) is 0 Å². The van der Waals surface area contributed by atoms with Crippen LogP contribution in [-0.4, -0.2) is 23.3 Å². The fraction of sp³-hybridized carbons (Fsp3) is 0.750. The smallest absolute Gasteiger partial charge is 0.0741 e. The molecule has 0 aliphatic carbocycles. The lowest BCUT2D eigenvalue weighted by Crippen LogP contribution is -2.44. The Kier molecular flexibility index (Phi) is 3.41. The maximum atomic E-state index is 9.38. The molecule has 0 aromatic heterocycles. The van der Waals surface area contributed by atoms with Gasteiger partial charge in [-0.05, 0) is 20.8 Å². The standard InChI is InChI=1S/C8H15NO/c1-5-6-9-7(2)8(3,4)10/h1,7,9-10H,6H2,2-4H3. The third-order valence-corrected chi connectivity index (χ3v) is 1.57. The Morgan fingerprint density at radius 2 is 2.20 bits per heavy atom. The minimum atomic E-state index is -0.698. The van der Waals surface area contributed by atoms with Gasteiger partial charge in [0.2, 0.25) is 0 Å². The topological polar surface area (TPSA) is 32.3 Å². The third kappa shape index (κ3) is 3.49. The summed E-state index contributed by atoms with van der Waals surface area (Å²) in [7, 11) is 0. The minimum Gasteiger partial charge on any atom is -0.389 e. The SMILES string of the molecule is C#CCNC(C)C(C)(C)O. The van der Waals surface area contributed by atoms with Gasteiger partial charge in [-0.25, -0.2) is 0 Å². The number of nitrogens with one attached hydrogen (secondary N) is 1. The number of terminal acetylenes is 1. The largest absolute Gasteiger partial charge is 0.389 e. The van der Waals surface area contributed by atoms with E-state index in [1.54, 1.807) is 13.8 Å². The summed E-state index contributed by atoms with van der Waals surface area (Å²) in [5.41, 5.74) is -0.698. The van der Waals surface area contributed by atoms with Crippen molar-refractivity contribution in [3.8, 4) is 12.3 Å². The van der Waals surface area contributed by atoms with E-state index in [0.29, 0.717) is 6.54 Å². The van der Waals surface area contributed by atoms with E-state index in [9.17, 15) is 5.11 Å². The first-order valence-electron chi connectivity index (χ1n) is 3.37. The molecular weight excluding hydrogens is 126 g/mol. The zero-order valence-electron chi connectivity index (χ0n) is 6.81. The van der Waals surface area contributed by atoms with E-state index < -0.39 is 5.60 Å². The highest BCUT2D eigenvalue weighted by molar-refractivity contribution is 4.90. The second-order valence-corrected chi connectivity index (χ2v) is 2.96. The van der Waals surface area contributed by atoms with Gasteiger partial charge in [0.25, 0.3) is 0 Å². The van der Waals surface area contributed by atoms with E-state index in [4.69, 9.17) is 6.42 Å². The van der Waals surface area contributed by atoms with Crippen molar-refractivity contribution in [1.29, 1.82) is 0 Å². The van der Waals surface area contributed by atoms with Crippen molar-refractivity contribution in [1.82, 2.24) is 5.32 Å². The number of rotatable bonds is 3. The van der Waals surface area contributed by atoms with Gasteiger partial charge < -0.3 is 10.4 Å². The molecule has 0 saturated heterocycles. The van der Waals surface area contributed by atoms with Gasteiger partial charge >= 0.3 is 0 Å². The Hall–Kier alpha value is -0.520. The van der Waals surface area contributed by atoms with Crippen molar-refractivity contribution in [3.63, 3.8) is 0 Å². The molecule has 0 saturated carbocycles. The van der Waals surface area contributed by atoms with Crippen LogP contribution in [0.3, 0.4) is 0 Å². The molecule has 0 bridgehead atoms. The maximum Gasteiger partial charge on any atom is 0.0741 e. The van der Waals surface area contributed by atoms with Gasteiger partial charge in [-0.3, -0.25) is 0 Å². The van der Waals surface area contributed by atoms with E-state index in [-0.39, 0.29) is 6.04 Å². The van der Waals surface area contributed by atoms with Crippen molar-refractivity contribution in [3.05, 3.63) is 0 Å². The summed E-state index contributed by atoms with van der Waals surface area (Å²) >= 11 is 0. The molecule has 0 aromatic carbocycles. The van der Waals surface area contributed by atoms with Crippen LogP contribution in [0.5, 0.6) is 0 Å². The van der Waals surface area contributed by atoms with Crippen molar-refractivity contribution in [2.45, 2.75) is 32.4 Å². The second kappa shape index (κ2) is 3.60. The van der Waals surface area contributed by atoms with Gasteiger partial charge in [-0.1, -0.05) is 5.92 Å². The number of hydrogen-bond donors (Lipinski definition) is 2. The molecule has 0 aliphatic rings. The number of aliphatic hydroxyl groups is 1. The average molecular weight is 141 g/mol. The molecule has 2 heteroatoms. The molecule has 0 heterocycles. The summed E-state index contributed by atoms with van der Waals surface area (Å²) in [6.07, 6.45) is 5.03. The van der Waals surface area contributed by atoms with Crippen LogP contribution < -0.4 is 5.32 Å². The van der Waals surface area contributed by atoms with Gasteiger partial charge in [0.15, 0.2) is 0 Å². The predicted octanol–water partition coefficient (Wildman–Crippen LogP) is 0.369. The van der Waals surface area contributed by atoms with Crippen molar-refractivity contribution >= 4 is 0 Å². The predicted molar refractivity (Wildman–Crippen MR) is 42.6 cm³/mol. The van der Waals surface area contributed by atoms with Crippen LogP contribution in [0.25, 0.3) is 0 Å². The molecule has 0 radical (unpaired) electrons. The molecule has 1 atom stereocenters. The molecule has 0 rings (SSSR count). The van der Waals surface area contributed by atoms with Crippen LogP contribution in [0.1, 0.15) is 20.8 Å². The first-order valence-corrected chi connectivity index (χ1v) is 3.37. The van der Waals surface area contributed by atoms with Gasteiger partial charge in [-0.15, -0.1) is 6.42 Å². The van der Waals surface area contributed by atoms with Crippen LogP contribution in [0.2, 0.25) is 0 Å². The lowest BCUT2D eigenvalue weighted by Gasteiger charge is -2.25. The summed E-state index contributed by atoms with van der Waals surface area (Å²) in [6, 6.07) is 0.0311. The molecule has 58 valence electrons. The van der Waals surface area contributed by atoms with Crippen LogP contribution in [0.15, 0.2) is 0 Å². The fourth-order valence-electron chi connectivity index (χ4n) is 0.462. The fourth-order valence-corrected chi connectivity index (χ4v) is 0.462. The lowest BCUT2D eigenvalue weighted by molar-refractivity contribution is 0.0459. The molecule has 0 aliphatic heterocycles. The molecule has 0 fully saturated rings. The molecule has 2 nitrogen and oxygen atoms in total. The Morgan fingerprint density at radius 1 is 1.70 bits per heavy atom. The maximum absolute atomic E-state index is 9.38. The third-order valence-electron chi connectivity index (χ3n) is 1.57. The van der Waals surface area contributed by atoms with Gasteiger partial charge in [0.1, 0.15) is 0 Å². The lowest BCUT2D eigenvalue weighted by atomic mass is 10.0. The van der Waals surface area contributed by atoms with Crippen molar-refractivity contribution < 1.29 is 5.11 Å².